The number of carbonyl (C=O) groups is 1. The third kappa shape index (κ3) is 6.40. The minimum Gasteiger partial charge on any atom is -0.494 e. The number of hydrogen-bond acceptors (Lipinski definition) is 3. The molecule has 3 rings (SSSR count). The Labute approximate surface area is 162 Å². The molecule has 4 heteroatoms. The van der Waals surface area contributed by atoms with Crippen molar-refractivity contribution < 1.29 is 9.53 Å². The van der Waals surface area contributed by atoms with Crippen LogP contribution in [0.15, 0.2) is 54.6 Å². The van der Waals surface area contributed by atoms with Gasteiger partial charge in [-0.25, -0.2) is 0 Å². The summed E-state index contributed by atoms with van der Waals surface area (Å²) < 4.78 is 5.46. The van der Waals surface area contributed by atoms with Crippen molar-refractivity contribution in [1.82, 2.24) is 10.2 Å². The number of benzene rings is 2. The van der Waals surface area contributed by atoms with E-state index in [2.05, 4.69) is 34.5 Å². The fourth-order valence-corrected chi connectivity index (χ4v) is 3.64. The quantitative estimate of drug-likeness (QED) is 0.773. The zero-order chi connectivity index (χ0) is 18.9. The van der Waals surface area contributed by atoms with Gasteiger partial charge in [-0.1, -0.05) is 42.5 Å². The average molecular weight is 367 g/mol. The first kappa shape index (κ1) is 19.4. The van der Waals surface area contributed by atoms with Gasteiger partial charge >= 0.3 is 0 Å². The van der Waals surface area contributed by atoms with Crippen molar-refractivity contribution in [2.24, 2.45) is 0 Å². The smallest absolute Gasteiger partial charge is 0.220 e. The number of piperidine rings is 1. The van der Waals surface area contributed by atoms with Gasteiger partial charge in [0, 0.05) is 25.6 Å². The Kier molecular flexibility index (Phi) is 7.28. The molecule has 2 aromatic rings. The minimum absolute atomic E-state index is 0.149. The van der Waals surface area contributed by atoms with Crippen LogP contribution in [0.1, 0.15) is 37.3 Å². The number of ether oxygens (including phenoxy) is 1. The summed E-state index contributed by atoms with van der Waals surface area (Å²) in [5, 5.41) is 3.23. The number of amides is 1. The highest BCUT2D eigenvalue weighted by Gasteiger charge is 2.21. The van der Waals surface area contributed by atoms with Crippen LogP contribution in [0.25, 0.3) is 0 Å². The van der Waals surface area contributed by atoms with E-state index in [1.54, 1.807) is 0 Å². The largest absolute Gasteiger partial charge is 0.494 e. The van der Waals surface area contributed by atoms with Gasteiger partial charge in [0.05, 0.1) is 6.61 Å². The normalized spacial score (nSPS) is 17.4. The van der Waals surface area contributed by atoms with E-state index in [-0.39, 0.29) is 11.9 Å². The van der Waals surface area contributed by atoms with Crippen LogP contribution in [0.3, 0.4) is 0 Å². The molecule has 0 radical (unpaired) electrons. The Hall–Kier alpha value is -2.33. The van der Waals surface area contributed by atoms with Crippen molar-refractivity contribution in [1.29, 1.82) is 0 Å². The van der Waals surface area contributed by atoms with Crippen LogP contribution in [0.5, 0.6) is 5.75 Å². The van der Waals surface area contributed by atoms with E-state index in [1.807, 2.05) is 37.3 Å². The number of nitrogens with zero attached hydrogens (tertiary/aromatic N) is 1. The second-order valence-electron chi connectivity index (χ2n) is 7.20. The SMILES string of the molecule is CCOc1ccc(CCC(=O)NC2CCCN(Cc3ccccc3)C2)cc1. The highest BCUT2D eigenvalue weighted by molar-refractivity contribution is 5.76. The van der Waals surface area contributed by atoms with Crippen LogP contribution < -0.4 is 10.1 Å². The predicted molar refractivity (Wildman–Crippen MR) is 109 cm³/mol. The number of hydrogen-bond donors (Lipinski definition) is 1. The highest BCUT2D eigenvalue weighted by atomic mass is 16.5. The molecule has 1 atom stereocenters. The molecule has 1 heterocycles. The molecule has 0 bridgehead atoms. The number of aryl methyl sites for hydroxylation is 1. The molecule has 4 nitrogen and oxygen atoms in total. The molecule has 27 heavy (non-hydrogen) atoms. The first-order chi connectivity index (χ1) is 13.2. The molecule has 1 amide bonds. The monoisotopic (exact) mass is 366 g/mol. The van der Waals surface area contributed by atoms with Crippen LogP contribution in [-0.2, 0) is 17.8 Å². The molecule has 1 N–H and O–H groups in total. The van der Waals surface area contributed by atoms with Crippen molar-refractivity contribution in [2.75, 3.05) is 19.7 Å². The second kappa shape index (κ2) is 10.1. The zero-order valence-corrected chi connectivity index (χ0v) is 16.2. The summed E-state index contributed by atoms with van der Waals surface area (Å²) in [6.07, 6.45) is 3.50. The molecule has 0 aromatic heterocycles. The Bertz CT molecular complexity index is 700. The first-order valence-corrected chi connectivity index (χ1v) is 10.0. The van der Waals surface area contributed by atoms with Crippen LogP contribution >= 0.6 is 0 Å². The number of carbonyl (C=O) groups excluding carboxylic acids is 1. The summed E-state index contributed by atoms with van der Waals surface area (Å²) in [4.78, 5) is 14.8. The Balaban J connectivity index is 1.41. The lowest BCUT2D eigenvalue weighted by Crippen LogP contribution is -2.47. The van der Waals surface area contributed by atoms with Crippen molar-refractivity contribution in [3.63, 3.8) is 0 Å². The third-order valence-corrected chi connectivity index (χ3v) is 4.99. The summed E-state index contributed by atoms with van der Waals surface area (Å²) in [6.45, 7) is 5.64. The lowest BCUT2D eigenvalue weighted by molar-refractivity contribution is -0.122. The van der Waals surface area contributed by atoms with Gasteiger partial charge in [-0.05, 0) is 56.0 Å². The molecular formula is C23H30N2O2. The van der Waals surface area contributed by atoms with E-state index in [9.17, 15) is 4.79 Å². The fourth-order valence-electron chi connectivity index (χ4n) is 3.64. The lowest BCUT2D eigenvalue weighted by atomic mass is 10.0. The van der Waals surface area contributed by atoms with Gasteiger partial charge in [0.15, 0.2) is 0 Å². The minimum atomic E-state index is 0.149. The van der Waals surface area contributed by atoms with Crippen LogP contribution in [-0.4, -0.2) is 36.5 Å². The van der Waals surface area contributed by atoms with Crippen LogP contribution in [0.4, 0.5) is 0 Å². The molecule has 2 aromatic carbocycles. The Morgan fingerprint density at radius 2 is 1.89 bits per heavy atom. The average Bonchev–Trinajstić information content (AvgIpc) is 2.69. The van der Waals surface area contributed by atoms with E-state index in [0.29, 0.717) is 13.0 Å². The molecule has 1 unspecified atom stereocenters. The standard InChI is InChI=1S/C23H30N2O2/c1-2-27-22-13-10-19(11-14-22)12-15-23(26)24-21-9-6-16-25(18-21)17-20-7-4-3-5-8-20/h3-5,7-8,10-11,13-14,21H,2,6,9,12,15-18H2,1H3,(H,24,26). The molecule has 1 fully saturated rings. The predicted octanol–water partition coefficient (Wildman–Crippen LogP) is 3.80. The topological polar surface area (TPSA) is 41.6 Å². The van der Waals surface area contributed by atoms with Gasteiger partial charge in [0.1, 0.15) is 5.75 Å². The molecule has 144 valence electrons. The molecule has 1 aliphatic rings. The number of likely N-dealkylation sites (tertiary alicyclic amines) is 1. The van der Waals surface area contributed by atoms with Gasteiger partial charge in [-0.2, -0.15) is 0 Å². The molecule has 0 aliphatic carbocycles. The maximum atomic E-state index is 12.4. The van der Waals surface area contributed by atoms with E-state index in [4.69, 9.17) is 4.74 Å². The van der Waals surface area contributed by atoms with Crippen LogP contribution in [0.2, 0.25) is 0 Å². The maximum Gasteiger partial charge on any atom is 0.220 e. The maximum absolute atomic E-state index is 12.4. The molecule has 0 saturated carbocycles. The van der Waals surface area contributed by atoms with E-state index in [1.165, 1.54) is 11.1 Å². The molecular weight excluding hydrogens is 336 g/mol. The summed E-state index contributed by atoms with van der Waals surface area (Å²) >= 11 is 0. The zero-order valence-electron chi connectivity index (χ0n) is 16.2. The van der Waals surface area contributed by atoms with Gasteiger partial charge in [-0.3, -0.25) is 9.69 Å². The van der Waals surface area contributed by atoms with Crippen LogP contribution in [0, 0.1) is 0 Å². The molecule has 0 spiro atoms. The van der Waals surface area contributed by atoms with Crippen molar-refractivity contribution in [3.8, 4) is 5.75 Å². The summed E-state index contributed by atoms with van der Waals surface area (Å²) in [7, 11) is 0. The summed E-state index contributed by atoms with van der Waals surface area (Å²) in [5.41, 5.74) is 2.50. The van der Waals surface area contributed by atoms with E-state index in [0.717, 1.165) is 44.6 Å². The highest BCUT2D eigenvalue weighted by Crippen LogP contribution is 2.15. The van der Waals surface area contributed by atoms with Crippen molar-refractivity contribution in [3.05, 3.63) is 65.7 Å². The van der Waals surface area contributed by atoms with E-state index < -0.39 is 0 Å². The molecule has 1 aliphatic heterocycles. The first-order valence-electron chi connectivity index (χ1n) is 10.0. The van der Waals surface area contributed by atoms with Crippen molar-refractivity contribution >= 4 is 5.91 Å². The second-order valence-corrected chi connectivity index (χ2v) is 7.20. The van der Waals surface area contributed by atoms with Crippen molar-refractivity contribution in [2.45, 2.75) is 45.2 Å². The van der Waals surface area contributed by atoms with Gasteiger partial charge in [0.25, 0.3) is 0 Å². The molecule has 1 saturated heterocycles. The Morgan fingerprint density at radius 3 is 2.63 bits per heavy atom. The van der Waals surface area contributed by atoms with Gasteiger partial charge in [-0.15, -0.1) is 0 Å². The van der Waals surface area contributed by atoms with Gasteiger partial charge in [0.2, 0.25) is 5.91 Å². The summed E-state index contributed by atoms with van der Waals surface area (Å²) in [5.74, 6) is 1.03. The third-order valence-electron chi connectivity index (χ3n) is 4.99. The lowest BCUT2D eigenvalue weighted by Gasteiger charge is -2.33. The van der Waals surface area contributed by atoms with E-state index >= 15 is 0 Å². The number of rotatable bonds is 8. The van der Waals surface area contributed by atoms with Gasteiger partial charge < -0.3 is 10.1 Å². The number of nitrogens with one attached hydrogen (secondary N) is 1. The Morgan fingerprint density at radius 1 is 1.11 bits per heavy atom. The fraction of sp³-hybridized carbons (Fsp3) is 0.435. The summed E-state index contributed by atoms with van der Waals surface area (Å²) in [6, 6.07) is 18.8.